The molecule has 1 saturated carbocycles. The van der Waals surface area contributed by atoms with Gasteiger partial charge in [-0.2, -0.15) is 0 Å². The summed E-state index contributed by atoms with van der Waals surface area (Å²) >= 11 is 0. The molecule has 0 aromatic carbocycles. The Labute approximate surface area is 119 Å². The van der Waals surface area contributed by atoms with E-state index in [0.29, 0.717) is 5.41 Å². The number of nitrogens with two attached hydrogens (primary N) is 1. The van der Waals surface area contributed by atoms with E-state index in [0.717, 1.165) is 51.1 Å². The molecular formula is C16H34N2O. The van der Waals surface area contributed by atoms with Crippen molar-refractivity contribution in [1.82, 2.24) is 5.32 Å². The van der Waals surface area contributed by atoms with Crippen LogP contribution in [0.25, 0.3) is 0 Å². The van der Waals surface area contributed by atoms with Gasteiger partial charge in [-0.25, -0.2) is 0 Å². The van der Waals surface area contributed by atoms with E-state index in [4.69, 9.17) is 10.5 Å². The molecule has 19 heavy (non-hydrogen) atoms. The average Bonchev–Trinajstić information content (AvgIpc) is 3.13. The molecule has 3 heteroatoms. The maximum atomic E-state index is 5.71. The van der Waals surface area contributed by atoms with Crippen LogP contribution < -0.4 is 11.1 Å². The van der Waals surface area contributed by atoms with Crippen LogP contribution >= 0.6 is 0 Å². The molecule has 0 spiro atoms. The lowest BCUT2D eigenvalue weighted by atomic mass is 9.76. The fraction of sp³-hybridized carbons (Fsp3) is 1.00. The monoisotopic (exact) mass is 270 g/mol. The van der Waals surface area contributed by atoms with Gasteiger partial charge < -0.3 is 15.8 Å². The van der Waals surface area contributed by atoms with Crippen LogP contribution in [0.3, 0.4) is 0 Å². The highest BCUT2D eigenvalue weighted by Gasteiger charge is 2.23. The predicted molar refractivity (Wildman–Crippen MR) is 82.3 cm³/mol. The summed E-state index contributed by atoms with van der Waals surface area (Å²) in [6.45, 7) is 11.7. The van der Waals surface area contributed by atoms with Gasteiger partial charge in [0.15, 0.2) is 0 Å². The zero-order valence-electron chi connectivity index (χ0n) is 13.2. The van der Waals surface area contributed by atoms with E-state index in [1.54, 1.807) is 0 Å². The molecule has 1 aliphatic carbocycles. The standard InChI is InChI=1S/C16H34N2O/c1-16(2,3)15(8-9-17)5-4-10-18-11-12-19-13-14-6-7-14/h14-15,18H,4-13,17H2,1-3H3. The van der Waals surface area contributed by atoms with Gasteiger partial charge in [-0.3, -0.25) is 0 Å². The van der Waals surface area contributed by atoms with Gasteiger partial charge in [0.1, 0.15) is 0 Å². The number of nitrogens with one attached hydrogen (secondary N) is 1. The van der Waals surface area contributed by atoms with Crippen LogP contribution in [-0.2, 0) is 4.74 Å². The molecular weight excluding hydrogens is 236 g/mol. The third-order valence-electron chi connectivity index (χ3n) is 4.12. The Balaban J connectivity index is 1.92. The van der Waals surface area contributed by atoms with Crippen molar-refractivity contribution < 1.29 is 4.74 Å². The Kier molecular flexibility index (Phi) is 7.96. The molecule has 1 fully saturated rings. The van der Waals surface area contributed by atoms with Crippen molar-refractivity contribution in [1.29, 1.82) is 0 Å². The first-order valence-electron chi connectivity index (χ1n) is 8.02. The molecule has 0 saturated heterocycles. The quantitative estimate of drug-likeness (QED) is 0.568. The van der Waals surface area contributed by atoms with Gasteiger partial charge in [0.2, 0.25) is 0 Å². The number of ether oxygens (including phenoxy) is 1. The minimum atomic E-state index is 0.382. The third-order valence-corrected chi connectivity index (χ3v) is 4.12. The maximum absolute atomic E-state index is 5.71. The van der Waals surface area contributed by atoms with Crippen LogP contribution in [-0.4, -0.2) is 32.8 Å². The van der Waals surface area contributed by atoms with Crippen LogP contribution in [0.5, 0.6) is 0 Å². The fourth-order valence-corrected chi connectivity index (χ4v) is 2.49. The molecule has 0 bridgehead atoms. The lowest BCUT2D eigenvalue weighted by molar-refractivity contribution is 0.126. The van der Waals surface area contributed by atoms with E-state index in [-0.39, 0.29) is 0 Å². The number of rotatable bonds is 11. The summed E-state index contributed by atoms with van der Waals surface area (Å²) < 4.78 is 5.60. The summed E-state index contributed by atoms with van der Waals surface area (Å²) in [4.78, 5) is 0. The first kappa shape index (κ1) is 16.9. The Morgan fingerprint density at radius 2 is 1.95 bits per heavy atom. The first-order chi connectivity index (χ1) is 9.04. The van der Waals surface area contributed by atoms with Gasteiger partial charge >= 0.3 is 0 Å². The Bertz CT molecular complexity index is 221. The van der Waals surface area contributed by atoms with Crippen molar-refractivity contribution in [2.75, 3.05) is 32.8 Å². The van der Waals surface area contributed by atoms with Gasteiger partial charge in [0.05, 0.1) is 6.61 Å². The van der Waals surface area contributed by atoms with E-state index in [2.05, 4.69) is 26.1 Å². The number of hydrogen-bond donors (Lipinski definition) is 2. The van der Waals surface area contributed by atoms with E-state index >= 15 is 0 Å². The van der Waals surface area contributed by atoms with Crippen LogP contribution in [0.1, 0.15) is 52.9 Å². The summed E-state index contributed by atoms with van der Waals surface area (Å²) in [6, 6.07) is 0. The lowest BCUT2D eigenvalue weighted by Gasteiger charge is -2.30. The van der Waals surface area contributed by atoms with E-state index in [1.165, 1.54) is 25.7 Å². The summed E-state index contributed by atoms with van der Waals surface area (Å²) in [5.41, 5.74) is 6.09. The fourth-order valence-electron chi connectivity index (χ4n) is 2.49. The normalized spacial score (nSPS) is 17.7. The van der Waals surface area contributed by atoms with Crippen LogP contribution in [0.2, 0.25) is 0 Å². The molecule has 0 radical (unpaired) electrons. The predicted octanol–water partition coefficient (Wildman–Crippen LogP) is 2.79. The SMILES string of the molecule is CC(C)(C)C(CCN)CCCNCCOCC1CC1. The second-order valence-corrected chi connectivity index (χ2v) is 7.05. The van der Waals surface area contributed by atoms with E-state index in [1.807, 2.05) is 0 Å². The van der Waals surface area contributed by atoms with E-state index in [9.17, 15) is 0 Å². The summed E-state index contributed by atoms with van der Waals surface area (Å²) in [6.07, 6.45) is 6.42. The van der Waals surface area contributed by atoms with Crippen LogP contribution in [0.15, 0.2) is 0 Å². The molecule has 0 heterocycles. The van der Waals surface area contributed by atoms with Crippen LogP contribution in [0, 0.1) is 17.3 Å². The highest BCUT2D eigenvalue weighted by molar-refractivity contribution is 4.75. The zero-order chi connectivity index (χ0) is 14.1. The molecule has 0 aromatic rings. The zero-order valence-corrected chi connectivity index (χ0v) is 13.2. The Morgan fingerprint density at radius 3 is 2.53 bits per heavy atom. The van der Waals surface area contributed by atoms with Gasteiger partial charge in [0.25, 0.3) is 0 Å². The number of hydrogen-bond acceptors (Lipinski definition) is 3. The van der Waals surface area contributed by atoms with Gasteiger partial charge in [-0.15, -0.1) is 0 Å². The molecule has 1 atom stereocenters. The second-order valence-electron chi connectivity index (χ2n) is 7.05. The molecule has 0 aromatic heterocycles. The minimum absolute atomic E-state index is 0.382. The Morgan fingerprint density at radius 1 is 1.21 bits per heavy atom. The van der Waals surface area contributed by atoms with E-state index < -0.39 is 0 Å². The van der Waals surface area contributed by atoms with Crippen molar-refractivity contribution in [3.8, 4) is 0 Å². The Hall–Kier alpha value is -0.120. The van der Waals surface area contributed by atoms with Crippen molar-refractivity contribution in [3.05, 3.63) is 0 Å². The molecule has 1 aliphatic rings. The highest BCUT2D eigenvalue weighted by atomic mass is 16.5. The maximum Gasteiger partial charge on any atom is 0.0591 e. The molecule has 1 unspecified atom stereocenters. The smallest absolute Gasteiger partial charge is 0.0591 e. The van der Waals surface area contributed by atoms with Crippen molar-refractivity contribution in [2.24, 2.45) is 23.0 Å². The molecule has 114 valence electrons. The second kappa shape index (κ2) is 8.93. The molecule has 0 amide bonds. The topological polar surface area (TPSA) is 47.3 Å². The van der Waals surface area contributed by atoms with Crippen molar-refractivity contribution in [2.45, 2.75) is 52.9 Å². The highest BCUT2D eigenvalue weighted by Crippen LogP contribution is 2.31. The average molecular weight is 270 g/mol. The minimum Gasteiger partial charge on any atom is -0.380 e. The first-order valence-corrected chi connectivity index (χ1v) is 8.02. The summed E-state index contributed by atoms with van der Waals surface area (Å²) in [5, 5.41) is 3.47. The van der Waals surface area contributed by atoms with Crippen LogP contribution in [0.4, 0.5) is 0 Å². The molecule has 1 rings (SSSR count). The summed E-state index contributed by atoms with van der Waals surface area (Å²) in [5.74, 6) is 1.62. The van der Waals surface area contributed by atoms with Gasteiger partial charge in [-0.1, -0.05) is 20.8 Å². The molecule has 3 nitrogen and oxygen atoms in total. The van der Waals surface area contributed by atoms with Gasteiger partial charge in [-0.05, 0) is 62.4 Å². The third kappa shape index (κ3) is 8.61. The lowest BCUT2D eigenvalue weighted by Crippen LogP contribution is -2.26. The van der Waals surface area contributed by atoms with Gasteiger partial charge in [0, 0.05) is 13.2 Å². The molecule has 0 aliphatic heterocycles. The molecule has 3 N–H and O–H groups in total. The van der Waals surface area contributed by atoms with Crippen molar-refractivity contribution >= 4 is 0 Å². The summed E-state index contributed by atoms with van der Waals surface area (Å²) in [7, 11) is 0. The largest absolute Gasteiger partial charge is 0.380 e. The van der Waals surface area contributed by atoms with Crippen molar-refractivity contribution in [3.63, 3.8) is 0 Å².